The van der Waals surface area contributed by atoms with Gasteiger partial charge in [0.1, 0.15) is 0 Å². The Kier molecular flexibility index (Phi) is 7.63. The molecule has 0 aliphatic heterocycles. The van der Waals surface area contributed by atoms with E-state index in [1.165, 1.54) is 0 Å². The van der Waals surface area contributed by atoms with Gasteiger partial charge in [0.25, 0.3) is 5.91 Å². The number of likely N-dealkylation sites (N-methyl/N-ethyl adjacent to an activating group) is 1. The molecule has 3 heterocycles. The number of benzene rings is 1. The van der Waals surface area contributed by atoms with Crippen molar-refractivity contribution in [3.63, 3.8) is 0 Å². The average molecular weight is 492 g/mol. The maximum atomic E-state index is 13.6. The van der Waals surface area contributed by atoms with Crippen molar-refractivity contribution in [2.24, 2.45) is 0 Å². The molecule has 0 saturated heterocycles. The quantitative estimate of drug-likeness (QED) is 0.338. The Balaban J connectivity index is 1.67. The van der Waals surface area contributed by atoms with Crippen molar-refractivity contribution in [1.29, 1.82) is 0 Å². The van der Waals surface area contributed by atoms with Crippen molar-refractivity contribution in [2.75, 3.05) is 32.5 Å². The number of fused-ring (bicyclic) bond motifs is 1. The molecule has 3 aromatic heterocycles. The molecule has 1 amide bonds. The van der Waals surface area contributed by atoms with Crippen LogP contribution < -0.4 is 10.6 Å². The summed E-state index contributed by atoms with van der Waals surface area (Å²) in [7, 11) is 3.71. The van der Waals surface area contributed by atoms with Crippen molar-refractivity contribution in [3.8, 4) is 11.4 Å². The lowest BCUT2D eigenvalue weighted by molar-refractivity contribution is 0.0787. The summed E-state index contributed by atoms with van der Waals surface area (Å²) < 4.78 is 1.93. The number of carbonyl (C=O) groups is 1. The maximum absolute atomic E-state index is 13.6. The van der Waals surface area contributed by atoms with Crippen LogP contribution in [0.1, 0.15) is 28.5 Å². The predicted octanol–water partition coefficient (Wildman–Crippen LogP) is 4.38. The number of hydrogen-bond donors (Lipinski definition) is 2. The van der Waals surface area contributed by atoms with Crippen molar-refractivity contribution >= 4 is 34.1 Å². The Morgan fingerprint density at radius 1 is 1.11 bits per heavy atom. The molecule has 2 N–H and O–H groups in total. The highest BCUT2D eigenvalue weighted by Gasteiger charge is 2.20. The standard InChI is InChI=1S/C26H30ClN7O/c1-5-34-17(2)18(14-31-34)16-33(4)26(35)22-13-25(32-23-8-6-19(27)12-21(22)23)24-9-7-20(15-30-24)29-11-10-28-3/h6-9,12-15,28-29H,5,10-11,16H2,1-4H3. The van der Waals surface area contributed by atoms with Gasteiger partial charge in [-0.3, -0.25) is 14.5 Å². The third kappa shape index (κ3) is 5.44. The van der Waals surface area contributed by atoms with Gasteiger partial charge in [0.15, 0.2) is 0 Å². The molecule has 0 spiro atoms. The zero-order chi connectivity index (χ0) is 24.9. The van der Waals surface area contributed by atoms with Gasteiger partial charge in [-0.2, -0.15) is 5.10 Å². The lowest BCUT2D eigenvalue weighted by atomic mass is 10.0. The lowest BCUT2D eigenvalue weighted by Crippen LogP contribution is -2.27. The van der Waals surface area contributed by atoms with Gasteiger partial charge in [0, 0.05) is 54.9 Å². The van der Waals surface area contributed by atoms with Crippen LogP contribution in [0.2, 0.25) is 5.02 Å². The van der Waals surface area contributed by atoms with Gasteiger partial charge in [-0.25, -0.2) is 4.98 Å². The van der Waals surface area contributed by atoms with Gasteiger partial charge < -0.3 is 15.5 Å². The molecule has 0 radical (unpaired) electrons. The summed E-state index contributed by atoms with van der Waals surface area (Å²) in [6, 6.07) is 11.1. The highest BCUT2D eigenvalue weighted by atomic mass is 35.5. The van der Waals surface area contributed by atoms with E-state index in [0.717, 1.165) is 36.6 Å². The molecule has 4 rings (SSSR count). The fourth-order valence-electron chi connectivity index (χ4n) is 3.98. The highest BCUT2D eigenvalue weighted by molar-refractivity contribution is 6.31. The highest BCUT2D eigenvalue weighted by Crippen LogP contribution is 2.28. The summed E-state index contributed by atoms with van der Waals surface area (Å²) in [5.41, 5.74) is 5.55. The number of carbonyl (C=O) groups excluding carboxylic acids is 1. The molecule has 8 nitrogen and oxygen atoms in total. The van der Waals surface area contributed by atoms with Crippen molar-refractivity contribution in [1.82, 2.24) is 30.0 Å². The summed E-state index contributed by atoms with van der Waals surface area (Å²) in [4.78, 5) is 24.7. The fraction of sp³-hybridized carbons (Fsp3) is 0.308. The first kappa shape index (κ1) is 24.6. The van der Waals surface area contributed by atoms with Crippen LogP contribution >= 0.6 is 11.6 Å². The fourth-order valence-corrected chi connectivity index (χ4v) is 4.15. The molecule has 0 unspecified atom stereocenters. The zero-order valence-corrected chi connectivity index (χ0v) is 21.2. The SMILES string of the molecule is CCn1ncc(CN(C)C(=O)c2cc(-c3ccc(NCCNC)cn3)nc3ccc(Cl)cc23)c1C. The number of amides is 1. The topological polar surface area (TPSA) is 88.0 Å². The van der Waals surface area contributed by atoms with Crippen molar-refractivity contribution < 1.29 is 4.79 Å². The third-order valence-electron chi connectivity index (χ3n) is 5.99. The van der Waals surface area contributed by atoms with Crippen LogP contribution in [0.5, 0.6) is 0 Å². The van der Waals surface area contributed by atoms with E-state index in [0.29, 0.717) is 39.4 Å². The molecular formula is C26H30ClN7O. The molecule has 0 atom stereocenters. The number of nitrogens with zero attached hydrogens (tertiary/aromatic N) is 5. The molecule has 1 aromatic carbocycles. The second kappa shape index (κ2) is 10.8. The summed E-state index contributed by atoms with van der Waals surface area (Å²) >= 11 is 6.28. The van der Waals surface area contributed by atoms with E-state index in [1.807, 2.05) is 50.0 Å². The Morgan fingerprint density at radius 2 is 1.94 bits per heavy atom. The molecule has 182 valence electrons. The summed E-state index contributed by atoms with van der Waals surface area (Å²) in [6.07, 6.45) is 3.60. The molecule has 0 saturated carbocycles. The molecule has 35 heavy (non-hydrogen) atoms. The molecule has 9 heteroatoms. The first-order valence-corrected chi connectivity index (χ1v) is 12.0. The van der Waals surface area contributed by atoms with Crippen LogP contribution in [0, 0.1) is 6.92 Å². The number of nitrogens with one attached hydrogen (secondary N) is 2. The van der Waals surface area contributed by atoms with Gasteiger partial charge in [0.05, 0.1) is 40.5 Å². The minimum Gasteiger partial charge on any atom is -0.383 e. The van der Waals surface area contributed by atoms with E-state index >= 15 is 0 Å². The van der Waals surface area contributed by atoms with E-state index in [9.17, 15) is 4.79 Å². The van der Waals surface area contributed by atoms with E-state index < -0.39 is 0 Å². The second-order valence-corrected chi connectivity index (χ2v) is 8.85. The summed E-state index contributed by atoms with van der Waals surface area (Å²) in [5.74, 6) is -0.116. The number of anilines is 1. The number of halogens is 1. The van der Waals surface area contributed by atoms with Gasteiger partial charge in [-0.1, -0.05) is 11.6 Å². The zero-order valence-electron chi connectivity index (χ0n) is 20.5. The van der Waals surface area contributed by atoms with Crippen LogP contribution in [0.4, 0.5) is 5.69 Å². The number of aromatic nitrogens is 4. The van der Waals surface area contributed by atoms with E-state index in [1.54, 1.807) is 36.3 Å². The monoisotopic (exact) mass is 491 g/mol. The van der Waals surface area contributed by atoms with Gasteiger partial charge in [-0.15, -0.1) is 0 Å². The van der Waals surface area contributed by atoms with Gasteiger partial charge in [0.2, 0.25) is 0 Å². The van der Waals surface area contributed by atoms with Crippen LogP contribution in [0.15, 0.2) is 48.8 Å². The van der Waals surface area contributed by atoms with E-state index in [-0.39, 0.29) is 5.91 Å². The lowest BCUT2D eigenvalue weighted by Gasteiger charge is -2.19. The Labute approximate surface area is 210 Å². The Morgan fingerprint density at radius 3 is 2.63 bits per heavy atom. The number of pyridine rings is 2. The van der Waals surface area contributed by atoms with Crippen LogP contribution in [-0.2, 0) is 13.1 Å². The minimum atomic E-state index is -0.116. The number of aryl methyl sites for hydroxylation is 1. The first-order valence-electron chi connectivity index (χ1n) is 11.6. The van der Waals surface area contributed by atoms with Crippen molar-refractivity contribution in [3.05, 3.63) is 70.6 Å². The molecular weight excluding hydrogens is 462 g/mol. The maximum Gasteiger partial charge on any atom is 0.254 e. The number of rotatable bonds is 9. The number of hydrogen-bond acceptors (Lipinski definition) is 6. The van der Waals surface area contributed by atoms with Crippen LogP contribution in [0.25, 0.3) is 22.3 Å². The molecule has 0 bridgehead atoms. The van der Waals surface area contributed by atoms with Crippen LogP contribution in [-0.4, -0.2) is 57.7 Å². The van der Waals surface area contributed by atoms with Crippen molar-refractivity contribution in [2.45, 2.75) is 26.9 Å². The second-order valence-electron chi connectivity index (χ2n) is 8.41. The van der Waals surface area contributed by atoms with Gasteiger partial charge >= 0.3 is 0 Å². The van der Waals surface area contributed by atoms with E-state index in [4.69, 9.17) is 16.6 Å². The smallest absolute Gasteiger partial charge is 0.254 e. The molecule has 0 fully saturated rings. The van der Waals surface area contributed by atoms with E-state index in [2.05, 4.69) is 20.7 Å². The Bertz CT molecular complexity index is 1330. The predicted molar refractivity (Wildman–Crippen MR) is 141 cm³/mol. The normalized spacial score (nSPS) is 11.1. The molecule has 0 aliphatic carbocycles. The Hall–Kier alpha value is -3.49. The molecule has 4 aromatic rings. The first-order chi connectivity index (χ1) is 16.9. The van der Waals surface area contributed by atoms with Gasteiger partial charge in [-0.05, 0) is 57.3 Å². The summed E-state index contributed by atoms with van der Waals surface area (Å²) in [5, 5.41) is 12.1. The summed E-state index contributed by atoms with van der Waals surface area (Å²) in [6.45, 7) is 6.97. The van der Waals surface area contributed by atoms with Crippen LogP contribution in [0.3, 0.4) is 0 Å². The minimum absolute atomic E-state index is 0.116. The largest absolute Gasteiger partial charge is 0.383 e. The third-order valence-corrected chi connectivity index (χ3v) is 6.22. The molecule has 0 aliphatic rings. The average Bonchev–Trinajstić information content (AvgIpc) is 3.22.